The lowest BCUT2D eigenvalue weighted by Crippen LogP contribution is -2.33. The van der Waals surface area contributed by atoms with Crippen LogP contribution in [0.25, 0.3) is 0 Å². The average molecular weight is 270 g/mol. The number of thioether (sulfide) groups is 1. The first-order valence-corrected chi connectivity index (χ1v) is 6.11. The Morgan fingerprint density at radius 1 is 1.56 bits per heavy atom. The van der Waals surface area contributed by atoms with Crippen LogP contribution in [0.4, 0.5) is 5.69 Å². The minimum absolute atomic E-state index is 0.314. The summed E-state index contributed by atoms with van der Waals surface area (Å²) in [5.74, 6) is -0.950. The first-order valence-electron chi connectivity index (χ1n) is 5.07. The molecule has 7 nitrogen and oxygen atoms in total. The summed E-state index contributed by atoms with van der Waals surface area (Å²) in [5.41, 5.74) is 0.196. The Kier molecular flexibility index (Phi) is 3.39. The second-order valence-corrected chi connectivity index (χ2v) is 4.91. The maximum atomic E-state index is 10.8. The number of nitrogens with zero attached hydrogens (tertiary/aromatic N) is 1. The predicted molar refractivity (Wildman–Crippen MR) is 64.5 cm³/mol. The molecule has 0 amide bonds. The minimum Gasteiger partial charge on any atom is -0.502 e. The van der Waals surface area contributed by atoms with Crippen molar-refractivity contribution in [2.45, 2.75) is 11.4 Å². The number of aromatic hydroxyl groups is 1. The van der Waals surface area contributed by atoms with Crippen LogP contribution in [0.5, 0.6) is 5.75 Å². The second kappa shape index (κ2) is 4.83. The topological polar surface area (TPSA) is 113 Å². The van der Waals surface area contributed by atoms with E-state index in [4.69, 9.17) is 5.11 Å². The molecule has 0 aliphatic carbocycles. The maximum absolute atomic E-state index is 10.8. The van der Waals surface area contributed by atoms with Gasteiger partial charge < -0.3 is 10.2 Å². The van der Waals surface area contributed by atoms with Gasteiger partial charge in [-0.25, -0.2) is 0 Å². The van der Waals surface area contributed by atoms with Crippen molar-refractivity contribution in [3.8, 4) is 5.75 Å². The first-order chi connectivity index (χ1) is 8.49. The molecule has 18 heavy (non-hydrogen) atoms. The zero-order valence-electron chi connectivity index (χ0n) is 9.07. The molecular weight excluding hydrogens is 260 g/mol. The van der Waals surface area contributed by atoms with Gasteiger partial charge in [-0.15, -0.1) is 11.8 Å². The van der Waals surface area contributed by atoms with E-state index < -0.39 is 22.7 Å². The van der Waals surface area contributed by atoms with Crippen molar-refractivity contribution in [2.75, 3.05) is 5.75 Å². The van der Waals surface area contributed by atoms with Crippen LogP contribution in [-0.4, -0.2) is 32.9 Å². The van der Waals surface area contributed by atoms with Crippen molar-refractivity contribution in [1.29, 1.82) is 0 Å². The molecule has 1 aliphatic rings. The van der Waals surface area contributed by atoms with Crippen molar-refractivity contribution in [1.82, 2.24) is 5.32 Å². The molecular formula is C10H10N2O5S. The molecule has 8 heteroatoms. The van der Waals surface area contributed by atoms with Gasteiger partial charge in [-0.05, 0) is 11.6 Å². The molecule has 1 fully saturated rings. The number of rotatable bonds is 3. The average Bonchev–Trinajstić information content (AvgIpc) is 2.78. The highest BCUT2D eigenvalue weighted by Gasteiger charge is 2.31. The van der Waals surface area contributed by atoms with Gasteiger partial charge in [0.25, 0.3) is 0 Å². The Morgan fingerprint density at radius 3 is 2.83 bits per heavy atom. The summed E-state index contributed by atoms with van der Waals surface area (Å²) in [5, 5.41) is 31.4. The molecule has 96 valence electrons. The molecule has 0 radical (unpaired) electrons. The Labute approximate surface area is 106 Å². The number of hydrogen-bond acceptors (Lipinski definition) is 6. The molecule has 0 saturated carbocycles. The van der Waals surface area contributed by atoms with Gasteiger partial charge in [0.05, 0.1) is 10.3 Å². The van der Waals surface area contributed by atoms with Crippen LogP contribution < -0.4 is 5.32 Å². The number of phenols is 1. The van der Waals surface area contributed by atoms with Crippen LogP contribution in [0.3, 0.4) is 0 Å². The fraction of sp³-hybridized carbons (Fsp3) is 0.300. The number of benzene rings is 1. The lowest BCUT2D eigenvalue weighted by Gasteiger charge is -2.11. The van der Waals surface area contributed by atoms with E-state index >= 15 is 0 Å². The van der Waals surface area contributed by atoms with Crippen molar-refractivity contribution in [3.63, 3.8) is 0 Å². The molecule has 1 aliphatic heterocycles. The standard InChI is InChI=1S/C10H10N2O5S/c13-8-2-1-5(3-7(8)12(16)17)9-11-6(4-18-9)10(14)15/h1-3,6,9,11,13H,4H2,(H,14,15)/t6-,9-/m0/s1. The molecule has 3 N–H and O–H groups in total. The Bertz CT molecular complexity index is 507. The summed E-state index contributed by atoms with van der Waals surface area (Å²) < 4.78 is 0. The van der Waals surface area contributed by atoms with E-state index in [1.165, 1.54) is 30.0 Å². The molecule has 1 saturated heterocycles. The number of carbonyl (C=O) groups is 1. The number of carboxylic acids is 1. The highest BCUT2D eigenvalue weighted by Crippen LogP contribution is 2.36. The zero-order valence-corrected chi connectivity index (χ0v) is 9.88. The van der Waals surface area contributed by atoms with E-state index in [1.807, 2.05) is 0 Å². The van der Waals surface area contributed by atoms with E-state index in [0.29, 0.717) is 11.3 Å². The summed E-state index contributed by atoms with van der Waals surface area (Å²) in [4.78, 5) is 20.8. The molecule has 1 aromatic carbocycles. The van der Waals surface area contributed by atoms with Crippen molar-refractivity contribution < 1.29 is 19.9 Å². The third-order valence-corrected chi connectivity index (χ3v) is 3.85. The van der Waals surface area contributed by atoms with Crippen LogP contribution in [0, 0.1) is 10.1 Å². The highest BCUT2D eigenvalue weighted by atomic mass is 32.2. The number of carboxylic acid groups (broad SMARTS) is 1. The van der Waals surface area contributed by atoms with Crippen LogP contribution in [0.2, 0.25) is 0 Å². The molecule has 1 aromatic rings. The van der Waals surface area contributed by atoms with Crippen molar-refractivity contribution in [3.05, 3.63) is 33.9 Å². The third kappa shape index (κ3) is 2.39. The first kappa shape index (κ1) is 12.7. The summed E-state index contributed by atoms with van der Waals surface area (Å²) >= 11 is 1.36. The monoisotopic (exact) mass is 270 g/mol. The molecule has 0 spiro atoms. The van der Waals surface area contributed by atoms with Crippen LogP contribution >= 0.6 is 11.8 Å². The molecule has 0 unspecified atom stereocenters. The van der Waals surface area contributed by atoms with E-state index in [-0.39, 0.29) is 11.1 Å². The Hall–Kier alpha value is -1.80. The second-order valence-electron chi connectivity index (χ2n) is 3.78. The Balaban J connectivity index is 2.22. The highest BCUT2D eigenvalue weighted by molar-refractivity contribution is 7.99. The summed E-state index contributed by atoms with van der Waals surface area (Å²) in [6.07, 6.45) is 0. The number of nitro groups is 1. The lowest BCUT2D eigenvalue weighted by molar-refractivity contribution is -0.385. The number of aliphatic carboxylic acids is 1. The fourth-order valence-electron chi connectivity index (χ4n) is 1.66. The number of hydrogen-bond donors (Lipinski definition) is 3. The van der Waals surface area contributed by atoms with Gasteiger partial charge in [0.2, 0.25) is 0 Å². The predicted octanol–water partition coefficient (Wildman–Crippen LogP) is 1.09. The van der Waals surface area contributed by atoms with Crippen molar-refractivity contribution >= 4 is 23.4 Å². The zero-order chi connectivity index (χ0) is 13.3. The van der Waals surface area contributed by atoms with E-state index in [2.05, 4.69) is 5.32 Å². The molecule has 0 bridgehead atoms. The van der Waals surface area contributed by atoms with Gasteiger partial charge in [-0.2, -0.15) is 0 Å². The molecule has 2 rings (SSSR count). The maximum Gasteiger partial charge on any atom is 0.321 e. The number of nitrogens with one attached hydrogen (secondary N) is 1. The Morgan fingerprint density at radius 2 is 2.28 bits per heavy atom. The summed E-state index contributed by atoms with van der Waals surface area (Å²) in [6, 6.07) is 3.37. The quantitative estimate of drug-likeness (QED) is 0.556. The normalized spacial score (nSPS) is 22.9. The van der Waals surface area contributed by atoms with Crippen LogP contribution in [0.15, 0.2) is 18.2 Å². The fourth-order valence-corrected chi connectivity index (χ4v) is 2.88. The van der Waals surface area contributed by atoms with E-state index in [9.17, 15) is 20.0 Å². The third-order valence-electron chi connectivity index (χ3n) is 2.58. The van der Waals surface area contributed by atoms with Gasteiger partial charge in [0, 0.05) is 11.8 Å². The van der Waals surface area contributed by atoms with Gasteiger partial charge >= 0.3 is 11.7 Å². The van der Waals surface area contributed by atoms with E-state index in [1.54, 1.807) is 0 Å². The van der Waals surface area contributed by atoms with Crippen LogP contribution in [-0.2, 0) is 4.79 Å². The smallest absolute Gasteiger partial charge is 0.321 e. The summed E-state index contributed by atoms with van der Waals surface area (Å²) in [7, 11) is 0. The van der Waals surface area contributed by atoms with E-state index in [0.717, 1.165) is 0 Å². The van der Waals surface area contributed by atoms with Gasteiger partial charge in [-0.3, -0.25) is 20.2 Å². The van der Waals surface area contributed by atoms with Crippen LogP contribution in [0.1, 0.15) is 10.9 Å². The van der Waals surface area contributed by atoms with Gasteiger partial charge in [0.15, 0.2) is 5.75 Å². The summed E-state index contributed by atoms with van der Waals surface area (Å²) in [6.45, 7) is 0. The SMILES string of the molecule is O=C(O)[C@@H]1CS[C@@H](c2ccc(O)c([N+](=O)[O-])c2)N1. The van der Waals surface area contributed by atoms with Crippen molar-refractivity contribution in [2.24, 2.45) is 0 Å². The molecule has 2 atom stereocenters. The van der Waals surface area contributed by atoms with Gasteiger partial charge in [0.1, 0.15) is 6.04 Å². The minimum atomic E-state index is -0.946. The molecule has 1 heterocycles. The van der Waals surface area contributed by atoms with Gasteiger partial charge in [-0.1, -0.05) is 6.07 Å². The molecule has 0 aromatic heterocycles. The number of nitro benzene ring substituents is 1. The lowest BCUT2D eigenvalue weighted by atomic mass is 10.1. The number of phenolic OH excluding ortho intramolecular Hbond substituents is 1. The largest absolute Gasteiger partial charge is 0.502 e.